The quantitative estimate of drug-likeness (QED) is 0.149. The lowest BCUT2D eigenvalue weighted by Gasteiger charge is -2.28. The normalized spacial score (nSPS) is 18.4. The van der Waals surface area contributed by atoms with E-state index >= 15 is 0 Å². The number of nitrogens with zero attached hydrogens (tertiary/aromatic N) is 1. The lowest BCUT2D eigenvalue weighted by atomic mass is 9.82. The fourth-order valence-electron chi connectivity index (χ4n) is 11.0. The summed E-state index contributed by atoms with van der Waals surface area (Å²) in [5.41, 5.74) is 20.2. The number of fused-ring (bicyclic) bond motifs is 5. The second kappa shape index (κ2) is 14.4. The Bertz CT molecular complexity index is 2720. The van der Waals surface area contributed by atoms with Crippen molar-refractivity contribution in [3.05, 3.63) is 211 Å². The van der Waals surface area contributed by atoms with Crippen LogP contribution in [0.4, 0.5) is 17.1 Å². The van der Waals surface area contributed by atoms with Gasteiger partial charge in [0.2, 0.25) is 0 Å². The van der Waals surface area contributed by atoms with Crippen LogP contribution in [0.1, 0.15) is 62.1 Å². The van der Waals surface area contributed by atoms with E-state index < -0.39 is 0 Å². The van der Waals surface area contributed by atoms with Crippen LogP contribution < -0.4 is 4.90 Å². The number of benzene rings is 8. The topological polar surface area (TPSA) is 3.24 Å². The molecule has 2 fully saturated rings. The van der Waals surface area contributed by atoms with E-state index in [-0.39, 0.29) is 5.41 Å². The molecule has 0 amide bonds. The van der Waals surface area contributed by atoms with Gasteiger partial charge in [-0.05, 0) is 146 Å². The summed E-state index contributed by atoms with van der Waals surface area (Å²) in [4.78, 5) is 2.44. The number of hydrogen-bond donors (Lipinski definition) is 0. The van der Waals surface area contributed by atoms with Crippen molar-refractivity contribution in [3.63, 3.8) is 0 Å². The highest BCUT2D eigenvalue weighted by molar-refractivity contribution is 5.95. The molecule has 0 heterocycles. The Hall–Kier alpha value is -6.44. The van der Waals surface area contributed by atoms with Crippen molar-refractivity contribution >= 4 is 17.1 Å². The first kappa shape index (κ1) is 35.7. The first-order valence-corrected chi connectivity index (χ1v) is 21.6. The zero-order chi connectivity index (χ0) is 39.5. The van der Waals surface area contributed by atoms with Gasteiger partial charge in [-0.15, -0.1) is 0 Å². The predicted octanol–water partition coefficient (Wildman–Crippen LogP) is 16.0. The number of rotatable bonds is 8. The molecule has 3 aliphatic carbocycles. The Balaban J connectivity index is 0.995. The minimum atomic E-state index is -0.0967. The molecule has 0 saturated heterocycles. The molecule has 3 atom stereocenters. The van der Waals surface area contributed by atoms with E-state index in [0.29, 0.717) is 0 Å². The first-order valence-electron chi connectivity index (χ1n) is 21.6. The predicted molar refractivity (Wildman–Crippen MR) is 249 cm³/mol. The summed E-state index contributed by atoms with van der Waals surface area (Å²) in [6.45, 7) is 4.73. The zero-order valence-corrected chi connectivity index (χ0v) is 34.0. The van der Waals surface area contributed by atoms with Crippen LogP contribution >= 0.6 is 0 Å². The highest BCUT2D eigenvalue weighted by Gasteiger charge is 2.40. The Morgan fingerprint density at radius 2 is 0.932 bits per heavy atom. The van der Waals surface area contributed by atoms with Crippen molar-refractivity contribution in [1.82, 2.24) is 0 Å². The molecule has 0 spiro atoms. The van der Waals surface area contributed by atoms with Crippen LogP contribution in [0.2, 0.25) is 0 Å². The van der Waals surface area contributed by atoms with Gasteiger partial charge in [0, 0.05) is 22.5 Å². The summed E-state index contributed by atoms with van der Waals surface area (Å²) >= 11 is 0. The van der Waals surface area contributed by atoms with Crippen LogP contribution in [0, 0.1) is 11.8 Å². The fourth-order valence-corrected chi connectivity index (χ4v) is 11.0. The van der Waals surface area contributed by atoms with Gasteiger partial charge >= 0.3 is 0 Å². The molecule has 59 heavy (non-hydrogen) atoms. The Morgan fingerprint density at radius 3 is 1.53 bits per heavy atom. The highest BCUT2D eigenvalue weighted by atomic mass is 15.1. The minimum absolute atomic E-state index is 0.0967. The molecule has 0 aliphatic heterocycles. The summed E-state index contributed by atoms with van der Waals surface area (Å²) < 4.78 is 0. The van der Waals surface area contributed by atoms with Crippen molar-refractivity contribution < 1.29 is 0 Å². The van der Waals surface area contributed by atoms with E-state index in [2.05, 4.69) is 213 Å². The van der Waals surface area contributed by atoms with Crippen molar-refractivity contribution in [2.75, 3.05) is 4.90 Å². The van der Waals surface area contributed by atoms with E-state index in [0.717, 1.165) is 34.8 Å². The molecule has 8 aromatic carbocycles. The van der Waals surface area contributed by atoms with Crippen LogP contribution in [0.5, 0.6) is 0 Å². The van der Waals surface area contributed by atoms with Crippen LogP contribution in [0.15, 0.2) is 194 Å². The van der Waals surface area contributed by atoms with Gasteiger partial charge in [0.05, 0.1) is 0 Å². The molecule has 11 rings (SSSR count). The van der Waals surface area contributed by atoms with E-state index in [1.807, 2.05) is 0 Å². The molecule has 1 nitrogen and oxygen atoms in total. The third-order valence-electron chi connectivity index (χ3n) is 14.0. The fraction of sp³-hybridized carbons (Fsp3) is 0.172. The standard InChI is InChI=1S/C58H49N/c1-58(2)55-19-10-9-16-52(55)53-35-34-49(38-56(53)58)59(47-30-26-41(27-31-47)40-22-24-44(25-23-40)54-37-39-20-21-46(54)36-39)48-32-28-45(29-33-48)57-50(42-12-5-3-6-13-42)17-11-18-51(57)43-14-7-4-8-15-43/h3-19,22-35,38-39,46,54H,20-21,36-37H2,1-2H3. The summed E-state index contributed by atoms with van der Waals surface area (Å²) in [7, 11) is 0. The molecule has 0 N–H and O–H groups in total. The molecule has 286 valence electrons. The zero-order valence-electron chi connectivity index (χ0n) is 34.0. The summed E-state index contributed by atoms with van der Waals surface area (Å²) in [6, 6.07) is 72.3. The van der Waals surface area contributed by atoms with Gasteiger partial charge in [0.1, 0.15) is 0 Å². The van der Waals surface area contributed by atoms with E-state index in [1.165, 1.54) is 98.0 Å². The molecule has 2 saturated carbocycles. The maximum absolute atomic E-state index is 2.44. The lowest BCUT2D eigenvalue weighted by molar-refractivity contribution is 0.420. The molecule has 2 bridgehead atoms. The van der Waals surface area contributed by atoms with Crippen LogP contribution in [-0.4, -0.2) is 0 Å². The van der Waals surface area contributed by atoms with Gasteiger partial charge in [-0.3, -0.25) is 0 Å². The molecule has 0 radical (unpaired) electrons. The third-order valence-corrected chi connectivity index (χ3v) is 14.0. The highest BCUT2D eigenvalue weighted by Crippen LogP contribution is 2.53. The maximum Gasteiger partial charge on any atom is 0.0465 e. The summed E-state index contributed by atoms with van der Waals surface area (Å²) in [6.07, 6.45) is 5.69. The molecular weight excluding hydrogens is 711 g/mol. The first-order chi connectivity index (χ1) is 29.0. The number of anilines is 3. The van der Waals surface area contributed by atoms with Gasteiger partial charge < -0.3 is 4.90 Å². The van der Waals surface area contributed by atoms with Gasteiger partial charge in [0.15, 0.2) is 0 Å². The smallest absolute Gasteiger partial charge is 0.0465 e. The second-order valence-corrected chi connectivity index (χ2v) is 17.7. The minimum Gasteiger partial charge on any atom is -0.310 e. The lowest BCUT2D eigenvalue weighted by Crippen LogP contribution is -2.16. The van der Waals surface area contributed by atoms with Gasteiger partial charge in [0.25, 0.3) is 0 Å². The van der Waals surface area contributed by atoms with Crippen molar-refractivity contribution in [1.29, 1.82) is 0 Å². The summed E-state index contributed by atoms with van der Waals surface area (Å²) in [5, 5.41) is 0. The average Bonchev–Trinajstić information content (AvgIpc) is 4.00. The molecule has 0 aromatic heterocycles. The molecule has 3 aliphatic rings. The van der Waals surface area contributed by atoms with Gasteiger partial charge in [-0.2, -0.15) is 0 Å². The number of hydrogen-bond acceptors (Lipinski definition) is 1. The third kappa shape index (κ3) is 6.23. The van der Waals surface area contributed by atoms with Crippen molar-refractivity contribution in [3.8, 4) is 55.6 Å². The van der Waals surface area contributed by atoms with E-state index in [1.54, 1.807) is 0 Å². The summed E-state index contributed by atoms with van der Waals surface area (Å²) in [5.74, 6) is 2.61. The van der Waals surface area contributed by atoms with Crippen LogP contribution in [0.25, 0.3) is 55.6 Å². The monoisotopic (exact) mass is 759 g/mol. The maximum atomic E-state index is 2.44. The second-order valence-electron chi connectivity index (χ2n) is 17.7. The molecular formula is C58H49N. The van der Waals surface area contributed by atoms with E-state index in [4.69, 9.17) is 0 Å². The largest absolute Gasteiger partial charge is 0.310 e. The Kier molecular flexibility index (Phi) is 8.73. The van der Waals surface area contributed by atoms with Gasteiger partial charge in [-0.25, -0.2) is 0 Å². The average molecular weight is 760 g/mol. The SMILES string of the molecule is CC1(C)c2ccccc2-c2ccc(N(c3ccc(-c4ccc(C5CC6CCC5C6)cc4)cc3)c3ccc(-c4c(-c5ccccc5)cccc4-c4ccccc4)cc3)cc21. The Labute approximate surface area is 349 Å². The van der Waals surface area contributed by atoms with Crippen molar-refractivity contribution in [2.45, 2.75) is 50.9 Å². The Morgan fingerprint density at radius 1 is 0.407 bits per heavy atom. The molecule has 3 unspecified atom stereocenters. The van der Waals surface area contributed by atoms with Crippen LogP contribution in [-0.2, 0) is 5.41 Å². The molecule has 1 heteroatoms. The van der Waals surface area contributed by atoms with Crippen LogP contribution in [0.3, 0.4) is 0 Å². The molecule has 8 aromatic rings. The van der Waals surface area contributed by atoms with E-state index in [9.17, 15) is 0 Å². The van der Waals surface area contributed by atoms with Gasteiger partial charge in [-0.1, -0.05) is 178 Å². The van der Waals surface area contributed by atoms with Crippen molar-refractivity contribution in [2.24, 2.45) is 11.8 Å².